The van der Waals surface area contributed by atoms with Crippen molar-refractivity contribution in [1.82, 2.24) is 5.32 Å². The second-order valence-corrected chi connectivity index (χ2v) is 6.41. The van der Waals surface area contributed by atoms with E-state index in [1.165, 1.54) is 0 Å². The lowest BCUT2D eigenvalue weighted by Gasteiger charge is -2.23. The van der Waals surface area contributed by atoms with Gasteiger partial charge in [0.2, 0.25) is 11.7 Å². The van der Waals surface area contributed by atoms with Gasteiger partial charge >= 0.3 is 0 Å². The molecule has 0 spiro atoms. The molecule has 2 aromatic carbocycles. The summed E-state index contributed by atoms with van der Waals surface area (Å²) in [7, 11) is 4.68. The van der Waals surface area contributed by atoms with Crippen molar-refractivity contribution in [2.75, 3.05) is 21.3 Å². The highest BCUT2D eigenvalue weighted by molar-refractivity contribution is 5.79. The summed E-state index contributed by atoms with van der Waals surface area (Å²) in [4.78, 5) is 12.7. The van der Waals surface area contributed by atoms with Crippen LogP contribution in [0.15, 0.2) is 42.5 Å². The molecule has 2 rings (SSSR count). The lowest BCUT2D eigenvalue weighted by Crippen LogP contribution is -2.36. The predicted molar refractivity (Wildman–Crippen MR) is 105 cm³/mol. The van der Waals surface area contributed by atoms with E-state index in [-0.39, 0.29) is 23.9 Å². The van der Waals surface area contributed by atoms with Crippen LogP contribution in [0.5, 0.6) is 17.2 Å². The third kappa shape index (κ3) is 4.71. The Bertz CT molecular complexity index is 739. The minimum Gasteiger partial charge on any atom is -0.493 e. The van der Waals surface area contributed by atoms with Gasteiger partial charge in [0.15, 0.2) is 11.5 Å². The number of hydrogen-bond acceptors (Lipinski definition) is 5. The number of ether oxygens (including phenoxy) is 3. The van der Waals surface area contributed by atoms with Crippen molar-refractivity contribution in [3.05, 3.63) is 53.6 Å². The number of carbonyl (C=O) groups is 1. The van der Waals surface area contributed by atoms with E-state index in [0.29, 0.717) is 17.2 Å². The maximum absolute atomic E-state index is 12.7. The zero-order valence-electron chi connectivity index (χ0n) is 16.5. The Hall–Kier alpha value is -2.73. The molecule has 0 saturated carbocycles. The predicted octanol–water partition coefficient (Wildman–Crippen LogP) is 3.23. The highest BCUT2D eigenvalue weighted by atomic mass is 16.5. The van der Waals surface area contributed by atoms with Crippen LogP contribution in [-0.4, -0.2) is 27.2 Å². The summed E-state index contributed by atoms with van der Waals surface area (Å²) in [6, 6.07) is 12.6. The Balaban J connectivity index is 2.16. The molecule has 2 aromatic rings. The van der Waals surface area contributed by atoms with Gasteiger partial charge < -0.3 is 25.3 Å². The van der Waals surface area contributed by atoms with Crippen molar-refractivity contribution >= 4 is 5.91 Å². The first-order valence-corrected chi connectivity index (χ1v) is 8.83. The van der Waals surface area contributed by atoms with Crippen molar-refractivity contribution < 1.29 is 19.0 Å². The summed E-state index contributed by atoms with van der Waals surface area (Å²) < 4.78 is 16.1. The molecule has 0 bridgehead atoms. The number of hydrogen-bond donors (Lipinski definition) is 2. The monoisotopic (exact) mass is 372 g/mol. The standard InChI is InChI=1S/C21H28N2O4/c1-13(19(22)15-9-7-6-8-10-15)21(24)23-14(2)16-11-17(25-3)20(27-5)18(12-16)26-4/h6-14,19H,22H2,1-5H3,(H,23,24). The molecular weight excluding hydrogens is 344 g/mol. The van der Waals surface area contributed by atoms with E-state index < -0.39 is 0 Å². The number of amides is 1. The van der Waals surface area contributed by atoms with Gasteiger partial charge in [-0.2, -0.15) is 0 Å². The number of benzene rings is 2. The third-order valence-corrected chi connectivity index (χ3v) is 4.68. The minimum atomic E-state index is -0.378. The maximum Gasteiger partial charge on any atom is 0.225 e. The van der Waals surface area contributed by atoms with Crippen LogP contribution in [0.25, 0.3) is 0 Å². The highest BCUT2D eigenvalue weighted by Crippen LogP contribution is 2.39. The molecule has 0 aliphatic heterocycles. The largest absolute Gasteiger partial charge is 0.493 e. The van der Waals surface area contributed by atoms with Crippen molar-refractivity contribution in [1.29, 1.82) is 0 Å². The SMILES string of the molecule is COc1cc(C(C)NC(=O)C(C)C(N)c2ccccc2)cc(OC)c1OC. The summed E-state index contributed by atoms with van der Waals surface area (Å²) >= 11 is 0. The van der Waals surface area contributed by atoms with Crippen LogP contribution < -0.4 is 25.3 Å². The zero-order chi connectivity index (χ0) is 20.0. The van der Waals surface area contributed by atoms with Gasteiger partial charge in [0.25, 0.3) is 0 Å². The van der Waals surface area contributed by atoms with Crippen LogP contribution in [0.3, 0.4) is 0 Å². The fraction of sp³-hybridized carbons (Fsp3) is 0.381. The molecule has 6 nitrogen and oxygen atoms in total. The second kappa shape index (κ2) is 9.28. The smallest absolute Gasteiger partial charge is 0.225 e. The van der Waals surface area contributed by atoms with E-state index >= 15 is 0 Å². The van der Waals surface area contributed by atoms with E-state index in [9.17, 15) is 4.79 Å². The van der Waals surface area contributed by atoms with Gasteiger partial charge in [0.1, 0.15) is 0 Å². The van der Waals surface area contributed by atoms with Gasteiger partial charge in [-0.05, 0) is 30.2 Å². The van der Waals surface area contributed by atoms with Gasteiger partial charge in [0, 0.05) is 6.04 Å². The van der Waals surface area contributed by atoms with Crippen LogP contribution in [0.1, 0.15) is 37.1 Å². The summed E-state index contributed by atoms with van der Waals surface area (Å²) in [5.74, 6) is 1.11. The summed E-state index contributed by atoms with van der Waals surface area (Å²) in [5.41, 5.74) is 8.04. The van der Waals surface area contributed by atoms with E-state index in [1.54, 1.807) is 21.3 Å². The van der Waals surface area contributed by atoms with Gasteiger partial charge in [-0.1, -0.05) is 37.3 Å². The van der Waals surface area contributed by atoms with Gasteiger partial charge in [-0.25, -0.2) is 0 Å². The van der Waals surface area contributed by atoms with Gasteiger partial charge in [-0.3, -0.25) is 4.79 Å². The molecule has 0 saturated heterocycles. The molecule has 0 radical (unpaired) electrons. The van der Waals surface area contributed by atoms with Crippen molar-refractivity contribution in [2.24, 2.45) is 11.7 Å². The fourth-order valence-corrected chi connectivity index (χ4v) is 2.91. The lowest BCUT2D eigenvalue weighted by atomic mass is 9.94. The van der Waals surface area contributed by atoms with E-state index in [2.05, 4.69) is 5.32 Å². The van der Waals surface area contributed by atoms with Gasteiger partial charge in [-0.15, -0.1) is 0 Å². The number of carbonyl (C=O) groups excluding carboxylic acids is 1. The summed E-state index contributed by atoms with van der Waals surface area (Å²) in [6.07, 6.45) is 0. The lowest BCUT2D eigenvalue weighted by molar-refractivity contribution is -0.125. The zero-order valence-corrected chi connectivity index (χ0v) is 16.5. The van der Waals surface area contributed by atoms with Crippen LogP contribution in [0.2, 0.25) is 0 Å². The Morgan fingerprint density at radius 2 is 1.48 bits per heavy atom. The minimum absolute atomic E-state index is 0.118. The topological polar surface area (TPSA) is 82.8 Å². The third-order valence-electron chi connectivity index (χ3n) is 4.68. The molecular formula is C21H28N2O4. The van der Waals surface area contributed by atoms with Crippen molar-refractivity contribution in [3.63, 3.8) is 0 Å². The molecule has 0 aromatic heterocycles. The number of nitrogens with one attached hydrogen (secondary N) is 1. The molecule has 3 N–H and O–H groups in total. The summed E-state index contributed by atoms with van der Waals surface area (Å²) in [6.45, 7) is 3.73. The molecule has 6 heteroatoms. The molecule has 0 aliphatic rings. The van der Waals surface area contributed by atoms with E-state index in [1.807, 2.05) is 56.3 Å². The summed E-state index contributed by atoms with van der Waals surface area (Å²) in [5, 5.41) is 3.02. The quantitative estimate of drug-likeness (QED) is 0.743. The first-order valence-electron chi connectivity index (χ1n) is 8.83. The number of methoxy groups -OCH3 is 3. The van der Waals surface area contributed by atoms with E-state index in [4.69, 9.17) is 19.9 Å². The Kier molecular flexibility index (Phi) is 7.07. The average Bonchev–Trinajstić information content (AvgIpc) is 2.71. The Morgan fingerprint density at radius 1 is 0.926 bits per heavy atom. The van der Waals surface area contributed by atoms with Crippen LogP contribution >= 0.6 is 0 Å². The Morgan fingerprint density at radius 3 is 1.96 bits per heavy atom. The van der Waals surface area contributed by atoms with Crippen LogP contribution in [0.4, 0.5) is 0 Å². The molecule has 0 fully saturated rings. The second-order valence-electron chi connectivity index (χ2n) is 6.41. The first-order chi connectivity index (χ1) is 12.9. The Labute approximate surface area is 160 Å². The normalized spacial score (nSPS) is 14.0. The van der Waals surface area contributed by atoms with Crippen molar-refractivity contribution in [2.45, 2.75) is 25.9 Å². The number of rotatable bonds is 8. The molecule has 3 unspecified atom stereocenters. The highest BCUT2D eigenvalue weighted by Gasteiger charge is 2.24. The molecule has 0 heterocycles. The van der Waals surface area contributed by atoms with Crippen LogP contribution in [-0.2, 0) is 4.79 Å². The molecule has 146 valence electrons. The van der Waals surface area contributed by atoms with Crippen LogP contribution in [0, 0.1) is 5.92 Å². The fourth-order valence-electron chi connectivity index (χ4n) is 2.91. The average molecular weight is 372 g/mol. The molecule has 3 atom stereocenters. The van der Waals surface area contributed by atoms with E-state index in [0.717, 1.165) is 11.1 Å². The first kappa shape index (κ1) is 20.6. The maximum atomic E-state index is 12.7. The molecule has 1 amide bonds. The number of nitrogens with two attached hydrogens (primary N) is 1. The van der Waals surface area contributed by atoms with Gasteiger partial charge in [0.05, 0.1) is 33.3 Å². The van der Waals surface area contributed by atoms with Crippen molar-refractivity contribution in [3.8, 4) is 17.2 Å². The molecule has 27 heavy (non-hydrogen) atoms. The molecule has 0 aliphatic carbocycles.